The number of nitrogens with two attached hydrogens (primary N) is 4. The minimum Gasteiger partial charge on any atom is -0.481 e. The van der Waals surface area contributed by atoms with Gasteiger partial charge >= 0.3 is 11.9 Å². The van der Waals surface area contributed by atoms with Crippen LogP contribution in [0.5, 0.6) is 0 Å². The molecule has 9 atom stereocenters. The Labute approximate surface area is 427 Å². The molecule has 0 rings (SSSR count). The molecule has 0 heterocycles. The Kier molecular flexibility index (Phi) is 30.4. The Bertz CT molecular complexity index is 1910. The van der Waals surface area contributed by atoms with Crippen molar-refractivity contribution < 1.29 is 67.7 Å². The predicted octanol–water partition coefficient (Wildman–Crippen LogP) is -2.53. The van der Waals surface area contributed by atoms with Crippen molar-refractivity contribution in [3.63, 3.8) is 0 Å². The summed E-state index contributed by atoms with van der Waals surface area (Å²) in [5.41, 5.74) is 22.1. The maximum Gasteiger partial charge on any atom is 0.326 e. The highest BCUT2D eigenvalue weighted by molar-refractivity contribution is 5.98. The topological polar surface area (TPSA) is 446 Å². The standard InChI is InChI=1S/C47H84N12O14/c1-22(2)21-31(55-39(64)27(49)14-17-32(50)60)43(68)57-35(23(3)4)44(69)54-30(16-19-34(62)63)42(67)56-37(25(7)8)46(71)58-36(24(5)6)45(70)53-29(15-18-33(51)61)40(65)52-28(13-11-12-20-48)41(66)59-38(26(9)10)47(72)73/h22-31,35-38H,11-21,48-49H2,1-10H3,(H2,50,60)(H2,51,61)(H,52,65)(H,53,70)(H,54,69)(H,55,64)(H,56,67)(H,57,68)(H,58,71)(H,59,66)(H,62,63)(H,72,73)/t27-,28-,29-,30-,31-,35-,36-,37-,38-/m0/s1. The molecule has 0 aliphatic rings. The molecule has 0 aromatic rings. The molecule has 73 heavy (non-hydrogen) atoms. The average molecular weight is 1040 g/mol. The van der Waals surface area contributed by atoms with Crippen molar-refractivity contribution in [1.82, 2.24) is 42.5 Å². The number of amides is 10. The van der Waals surface area contributed by atoms with Crippen LogP contribution < -0.4 is 65.5 Å². The molecule has 0 radical (unpaired) electrons. The molecule has 0 saturated heterocycles. The van der Waals surface area contributed by atoms with E-state index in [0.29, 0.717) is 12.8 Å². The molecular weight excluding hydrogens is 957 g/mol. The minimum absolute atomic E-state index is 0.0385. The van der Waals surface area contributed by atoms with Crippen LogP contribution in [0, 0.1) is 29.6 Å². The fourth-order valence-electron chi connectivity index (χ4n) is 7.18. The highest BCUT2D eigenvalue weighted by atomic mass is 16.4. The molecule has 416 valence electrons. The first-order valence-corrected chi connectivity index (χ1v) is 24.7. The van der Waals surface area contributed by atoms with E-state index in [2.05, 4.69) is 42.5 Å². The van der Waals surface area contributed by atoms with Gasteiger partial charge in [-0.05, 0) is 81.1 Å². The summed E-state index contributed by atoms with van der Waals surface area (Å²) in [5, 5.41) is 39.4. The smallest absolute Gasteiger partial charge is 0.326 e. The van der Waals surface area contributed by atoms with Crippen molar-refractivity contribution in [3.8, 4) is 0 Å². The summed E-state index contributed by atoms with van der Waals surface area (Å²) in [6.07, 6.45) is -1.11. The van der Waals surface area contributed by atoms with Crippen molar-refractivity contribution in [2.24, 2.45) is 52.5 Å². The zero-order valence-electron chi connectivity index (χ0n) is 44.0. The number of carbonyl (C=O) groups excluding carboxylic acids is 10. The molecule has 18 N–H and O–H groups in total. The van der Waals surface area contributed by atoms with Gasteiger partial charge in [-0.1, -0.05) is 69.2 Å². The lowest BCUT2D eigenvalue weighted by atomic mass is 9.98. The molecule has 26 nitrogen and oxygen atoms in total. The fourth-order valence-corrected chi connectivity index (χ4v) is 7.18. The van der Waals surface area contributed by atoms with E-state index < -0.39 is 168 Å². The quantitative estimate of drug-likeness (QED) is 0.0288. The first-order chi connectivity index (χ1) is 33.8. The van der Waals surface area contributed by atoms with Crippen molar-refractivity contribution in [2.45, 2.75) is 188 Å². The van der Waals surface area contributed by atoms with Crippen molar-refractivity contribution >= 4 is 71.0 Å². The van der Waals surface area contributed by atoms with E-state index in [9.17, 15) is 67.7 Å². The van der Waals surface area contributed by atoms with Crippen LogP contribution in [0.2, 0.25) is 0 Å². The summed E-state index contributed by atoms with van der Waals surface area (Å²) in [7, 11) is 0. The maximum atomic E-state index is 14.0. The first kappa shape index (κ1) is 66.6. The third kappa shape index (κ3) is 25.7. The highest BCUT2D eigenvalue weighted by Gasteiger charge is 2.37. The van der Waals surface area contributed by atoms with Crippen LogP contribution in [-0.4, -0.2) is 142 Å². The van der Waals surface area contributed by atoms with Crippen molar-refractivity contribution in [2.75, 3.05) is 6.54 Å². The van der Waals surface area contributed by atoms with E-state index in [1.54, 1.807) is 69.2 Å². The molecule has 0 aliphatic carbocycles. The van der Waals surface area contributed by atoms with Gasteiger partial charge in [0.15, 0.2) is 0 Å². The average Bonchev–Trinajstić information content (AvgIpc) is 3.27. The normalized spacial score (nSPS) is 15.1. The third-order valence-corrected chi connectivity index (χ3v) is 11.5. The first-order valence-electron chi connectivity index (χ1n) is 24.7. The molecule has 0 unspecified atom stereocenters. The van der Waals surface area contributed by atoms with Crippen LogP contribution in [0.15, 0.2) is 0 Å². The number of carbonyl (C=O) groups is 12. The molecule has 0 aromatic heterocycles. The number of hydrogen-bond donors (Lipinski definition) is 14. The molecule has 26 heteroatoms. The van der Waals surface area contributed by atoms with Crippen LogP contribution in [0.25, 0.3) is 0 Å². The van der Waals surface area contributed by atoms with Gasteiger partial charge in [-0.2, -0.15) is 0 Å². The highest BCUT2D eigenvalue weighted by Crippen LogP contribution is 2.14. The van der Waals surface area contributed by atoms with Crippen LogP contribution in [-0.2, 0) is 57.5 Å². The van der Waals surface area contributed by atoms with E-state index in [-0.39, 0.29) is 44.6 Å². The Balaban J connectivity index is 6.59. The van der Waals surface area contributed by atoms with Gasteiger partial charge in [-0.15, -0.1) is 0 Å². The zero-order chi connectivity index (χ0) is 56.4. The van der Waals surface area contributed by atoms with E-state index in [4.69, 9.17) is 22.9 Å². The lowest BCUT2D eigenvalue weighted by Crippen LogP contribution is -2.62. The number of carboxylic acid groups (broad SMARTS) is 2. The Hall–Kier alpha value is -6.44. The van der Waals surface area contributed by atoms with Gasteiger partial charge in [0.05, 0.1) is 6.04 Å². The zero-order valence-corrected chi connectivity index (χ0v) is 44.0. The molecule has 0 aliphatic heterocycles. The number of aliphatic carboxylic acids is 2. The number of rotatable bonds is 36. The molecule has 0 aromatic carbocycles. The van der Waals surface area contributed by atoms with E-state index in [1.807, 2.05) is 0 Å². The summed E-state index contributed by atoms with van der Waals surface area (Å²) in [5.74, 6) is -13.7. The molecule has 0 bridgehead atoms. The summed E-state index contributed by atoms with van der Waals surface area (Å²) in [4.78, 5) is 156. The van der Waals surface area contributed by atoms with Gasteiger partial charge in [0, 0.05) is 19.3 Å². The van der Waals surface area contributed by atoms with Gasteiger partial charge in [0.1, 0.15) is 48.3 Å². The molecule has 0 fully saturated rings. The van der Waals surface area contributed by atoms with E-state index >= 15 is 0 Å². The number of hydrogen-bond acceptors (Lipinski definition) is 14. The lowest BCUT2D eigenvalue weighted by molar-refractivity contribution is -0.143. The summed E-state index contributed by atoms with van der Waals surface area (Å²) < 4.78 is 0. The summed E-state index contributed by atoms with van der Waals surface area (Å²) in [6.45, 7) is 16.4. The van der Waals surface area contributed by atoms with Crippen LogP contribution in [0.3, 0.4) is 0 Å². The maximum absolute atomic E-state index is 14.0. The molecule has 0 saturated carbocycles. The van der Waals surface area contributed by atoms with Gasteiger partial charge in [0.2, 0.25) is 59.1 Å². The Morgan fingerprint density at radius 1 is 0.397 bits per heavy atom. The summed E-state index contributed by atoms with van der Waals surface area (Å²) >= 11 is 0. The van der Waals surface area contributed by atoms with Crippen molar-refractivity contribution in [3.05, 3.63) is 0 Å². The van der Waals surface area contributed by atoms with Gasteiger partial charge < -0.3 is 75.7 Å². The van der Waals surface area contributed by atoms with E-state index in [1.165, 1.54) is 0 Å². The van der Waals surface area contributed by atoms with Gasteiger partial charge in [-0.3, -0.25) is 52.7 Å². The SMILES string of the molecule is CC(C)C[C@H](NC(=O)[C@@H](N)CCC(N)=O)C(=O)N[C@H](C(=O)N[C@@H](CCC(=O)O)C(=O)N[C@H](C(=O)N[C@H](C(=O)N[C@@H](CCC(N)=O)C(=O)N[C@@H](CCCCN)C(=O)N[C@H](C(=O)O)C(C)C)C(C)C)C(C)C)C(C)C. The number of primary amides is 2. The monoisotopic (exact) mass is 1040 g/mol. The Morgan fingerprint density at radius 3 is 1.11 bits per heavy atom. The minimum atomic E-state index is -1.58. The van der Waals surface area contributed by atoms with Crippen molar-refractivity contribution in [1.29, 1.82) is 0 Å². The number of unbranched alkanes of at least 4 members (excludes halogenated alkanes) is 1. The van der Waals surface area contributed by atoms with Gasteiger partial charge in [-0.25, -0.2) is 4.79 Å². The molecule has 0 spiro atoms. The van der Waals surface area contributed by atoms with Gasteiger partial charge in [0.25, 0.3) is 0 Å². The summed E-state index contributed by atoms with van der Waals surface area (Å²) in [6, 6.07) is -12.2. The second-order valence-electron chi connectivity index (χ2n) is 20.0. The van der Waals surface area contributed by atoms with Crippen LogP contribution in [0.1, 0.15) is 133 Å². The second kappa shape index (κ2) is 33.3. The second-order valence-corrected chi connectivity index (χ2v) is 20.0. The predicted molar refractivity (Wildman–Crippen MR) is 266 cm³/mol. The number of nitrogens with one attached hydrogen (secondary N) is 8. The number of carboxylic acids is 2. The largest absolute Gasteiger partial charge is 0.481 e. The van der Waals surface area contributed by atoms with Crippen LogP contribution >= 0.6 is 0 Å². The van der Waals surface area contributed by atoms with E-state index in [0.717, 1.165) is 0 Å². The molecule has 10 amide bonds. The Morgan fingerprint density at radius 2 is 0.726 bits per heavy atom. The van der Waals surface area contributed by atoms with Crippen LogP contribution in [0.4, 0.5) is 0 Å². The molecular formula is C47H84N12O14. The lowest BCUT2D eigenvalue weighted by Gasteiger charge is -2.30. The third-order valence-electron chi connectivity index (χ3n) is 11.5. The fraction of sp³-hybridized carbons (Fsp3) is 0.745.